The first kappa shape index (κ1) is 19.0. The summed E-state index contributed by atoms with van der Waals surface area (Å²) in [7, 11) is -3.46. The van der Waals surface area contributed by atoms with Gasteiger partial charge in [-0.3, -0.25) is 13.6 Å². The largest absolute Gasteiger partial charge is 0.474 e. The molecule has 0 saturated heterocycles. The van der Waals surface area contributed by atoms with Gasteiger partial charge in [-0.2, -0.15) is 0 Å². The van der Waals surface area contributed by atoms with Crippen LogP contribution in [0.25, 0.3) is 0 Å². The first-order valence-electron chi connectivity index (χ1n) is 4.91. The fraction of sp³-hybridized carbons (Fsp3) is 1.00. The second-order valence-electron chi connectivity index (χ2n) is 2.96. The Bertz CT molecular complexity index is 226. The summed E-state index contributed by atoms with van der Waals surface area (Å²) >= 11 is 13.3. The lowest BCUT2D eigenvalue weighted by Crippen LogP contribution is -2.14. The second-order valence-corrected chi connectivity index (χ2v) is 8.51. The van der Waals surface area contributed by atoms with Crippen LogP contribution in [0.5, 0.6) is 0 Å². The van der Waals surface area contributed by atoms with Crippen molar-refractivity contribution in [3.05, 3.63) is 0 Å². The average Bonchev–Trinajstić information content (AvgIpc) is 2.33. The van der Waals surface area contributed by atoms with Crippen LogP contribution in [0.4, 0.5) is 0 Å². The maximum Gasteiger partial charge on any atom is 0.474 e. The van der Waals surface area contributed by atoms with E-state index < -0.39 is 7.82 Å². The van der Waals surface area contributed by atoms with Crippen molar-refractivity contribution >= 4 is 71.5 Å². The molecule has 0 spiro atoms. The lowest BCUT2D eigenvalue weighted by atomic mass is 10.5. The van der Waals surface area contributed by atoms with Crippen LogP contribution < -0.4 is 0 Å². The highest BCUT2D eigenvalue weighted by molar-refractivity contribution is 9.12. The van der Waals surface area contributed by atoms with Gasteiger partial charge in [0.25, 0.3) is 0 Å². The summed E-state index contributed by atoms with van der Waals surface area (Å²) in [5.41, 5.74) is 0. The van der Waals surface area contributed by atoms with Gasteiger partial charge in [-0.1, -0.05) is 63.7 Å². The van der Waals surface area contributed by atoms with Gasteiger partial charge in [-0.25, -0.2) is 4.57 Å². The summed E-state index contributed by atoms with van der Waals surface area (Å²) in [5, 5.41) is 1.39. The van der Waals surface area contributed by atoms with Crippen molar-refractivity contribution in [3.8, 4) is 0 Å². The lowest BCUT2D eigenvalue weighted by Gasteiger charge is -2.19. The van der Waals surface area contributed by atoms with Crippen LogP contribution in [0.1, 0.15) is 6.92 Å². The molecule has 0 aromatic rings. The Hall–Kier alpha value is 2.03. The van der Waals surface area contributed by atoms with Gasteiger partial charge in [-0.05, 0) is 6.92 Å². The number of rotatable bonds is 10. The summed E-state index contributed by atoms with van der Waals surface area (Å²) in [6.07, 6.45) is 0. The van der Waals surface area contributed by atoms with Crippen LogP contribution >= 0.6 is 71.5 Å². The minimum absolute atomic E-state index is 0.0656. The molecule has 0 rings (SSSR count). The predicted molar refractivity (Wildman–Crippen MR) is 84.2 cm³/mol. The number of phosphoric ester groups is 1. The molecule has 2 unspecified atom stereocenters. The van der Waals surface area contributed by atoms with Gasteiger partial charge in [-0.15, -0.1) is 0 Å². The van der Waals surface area contributed by atoms with Crippen LogP contribution in [0, 0.1) is 0 Å². The van der Waals surface area contributed by atoms with Gasteiger partial charge in [0.15, 0.2) is 0 Å². The first-order chi connectivity index (χ1) is 7.97. The molecule has 0 amide bonds. The van der Waals surface area contributed by atoms with E-state index in [1.807, 2.05) is 0 Å². The van der Waals surface area contributed by atoms with Crippen molar-refractivity contribution in [3.63, 3.8) is 0 Å². The van der Waals surface area contributed by atoms with E-state index in [-0.39, 0.29) is 29.5 Å². The molecule has 0 aliphatic carbocycles. The molecular weight excluding hydrogens is 511 g/mol. The molecule has 104 valence electrons. The predicted octanol–water partition coefficient (Wildman–Crippen LogP) is 4.48. The SMILES string of the molecule is CCOP(=O)(OCC(Br)CBr)OCC(Br)CBr. The van der Waals surface area contributed by atoms with Crippen molar-refractivity contribution in [2.45, 2.75) is 16.6 Å². The summed E-state index contributed by atoms with van der Waals surface area (Å²) in [5.74, 6) is 0. The molecule has 0 N–H and O–H groups in total. The highest BCUT2D eigenvalue weighted by Crippen LogP contribution is 2.49. The van der Waals surface area contributed by atoms with Crippen LogP contribution in [0.3, 0.4) is 0 Å². The van der Waals surface area contributed by atoms with E-state index in [2.05, 4.69) is 63.7 Å². The highest BCUT2D eigenvalue weighted by atomic mass is 79.9. The minimum atomic E-state index is -3.46. The highest BCUT2D eigenvalue weighted by Gasteiger charge is 2.28. The second kappa shape index (κ2) is 10.8. The van der Waals surface area contributed by atoms with E-state index in [0.717, 1.165) is 0 Å². The Balaban J connectivity index is 4.20. The smallest absolute Gasteiger partial charge is 0.287 e. The van der Waals surface area contributed by atoms with Crippen molar-refractivity contribution in [1.82, 2.24) is 0 Å². The molecule has 9 heteroatoms. The Kier molecular flexibility index (Phi) is 12.1. The first-order valence-corrected chi connectivity index (χ1v) is 10.4. The molecule has 0 aliphatic heterocycles. The number of alkyl halides is 4. The van der Waals surface area contributed by atoms with E-state index in [9.17, 15) is 4.57 Å². The quantitative estimate of drug-likeness (QED) is 0.312. The number of phosphoric acid groups is 1. The standard InChI is InChI=1S/C8H15Br4O4P/c1-2-14-17(13,15-5-7(11)3-9)16-6-8(12)4-10/h7-8H,2-6H2,1H3. The van der Waals surface area contributed by atoms with Crippen LogP contribution in [0.15, 0.2) is 0 Å². The molecule has 0 fully saturated rings. The molecule has 0 aliphatic rings. The van der Waals surface area contributed by atoms with E-state index in [1.54, 1.807) is 6.92 Å². The van der Waals surface area contributed by atoms with Crippen molar-refractivity contribution < 1.29 is 18.1 Å². The summed E-state index contributed by atoms with van der Waals surface area (Å²) < 4.78 is 27.6. The third-order valence-electron chi connectivity index (χ3n) is 1.45. The molecule has 17 heavy (non-hydrogen) atoms. The Morgan fingerprint density at radius 3 is 1.71 bits per heavy atom. The van der Waals surface area contributed by atoms with Gasteiger partial charge in [0.05, 0.1) is 19.8 Å². The van der Waals surface area contributed by atoms with E-state index in [1.165, 1.54) is 0 Å². The van der Waals surface area contributed by atoms with Crippen LogP contribution in [0.2, 0.25) is 0 Å². The molecule has 0 aromatic heterocycles. The Labute approximate surface area is 136 Å². The van der Waals surface area contributed by atoms with Crippen molar-refractivity contribution in [2.75, 3.05) is 30.5 Å². The molecular formula is C8H15Br4O4P. The maximum absolute atomic E-state index is 12.1. The van der Waals surface area contributed by atoms with Gasteiger partial charge >= 0.3 is 7.82 Å². The summed E-state index contributed by atoms with van der Waals surface area (Å²) in [6.45, 7) is 2.53. The fourth-order valence-corrected chi connectivity index (χ4v) is 3.01. The molecule has 2 atom stereocenters. The van der Waals surface area contributed by atoms with Crippen molar-refractivity contribution in [2.24, 2.45) is 0 Å². The maximum atomic E-state index is 12.1. The molecule has 0 bridgehead atoms. The van der Waals surface area contributed by atoms with Gasteiger partial charge in [0.2, 0.25) is 0 Å². The Morgan fingerprint density at radius 1 is 1.00 bits per heavy atom. The van der Waals surface area contributed by atoms with E-state index in [0.29, 0.717) is 10.7 Å². The molecule has 0 radical (unpaired) electrons. The summed E-state index contributed by atoms with van der Waals surface area (Å²) in [6, 6.07) is 0. The summed E-state index contributed by atoms with van der Waals surface area (Å²) in [4.78, 5) is 0.131. The fourth-order valence-electron chi connectivity index (χ4n) is 0.703. The van der Waals surface area contributed by atoms with E-state index in [4.69, 9.17) is 13.6 Å². The van der Waals surface area contributed by atoms with E-state index >= 15 is 0 Å². The zero-order chi connectivity index (χ0) is 13.3. The molecule has 0 aromatic carbocycles. The van der Waals surface area contributed by atoms with Gasteiger partial charge < -0.3 is 0 Å². The molecule has 0 saturated carbocycles. The average molecular weight is 526 g/mol. The number of hydrogen-bond donors (Lipinski definition) is 0. The normalized spacial score (nSPS) is 18.6. The van der Waals surface area contributed by atoms with Gasteiger partial charge in [0, 0.05) is 20.3 Å². The number of halogens is 4. The lowest BCUT2D eigenvalue weighted by molar-refractivity contribution is 0.120. The van der Waals surface area contributed by atoms with Crippen LogP contribution in [-0.2, 0) is 18.1 Å². The van der Waals surface area contributed by atoms with Gasteiger partial charge in [0.1, 0.15) is 0 Å². The van der Waals surface area contributed by atoms with Crippen LogP contribution in [-0.4, -0.2) is 40.1 Å². The zero-order valence-corrected chi connectivity index (χ0v) is 16.5. The number of hydrogen-bond acceptors (Lipinski definition) is 4. The third-order valence-corrected chi connectivity index (χ3v) is 7.43. The Morgan fingerprint density at radius 2 is 1.41 bits per heavy atom. The third kappa shape index (κ3) is 9.55. The molecule has 0 heterocycles. The van der Waals surface area contributed by atoms with Crippen molar-refractivity contribution in [1.29, 1.82) is 0 Å². The topological polar surface area (TPSA) is 44.8 Å². The molecule has 4 nitrogen and oxygen atoms in total. The monoisotopic (exact) mass is 522 g/mol. The zero-order valence-electron chi connectivity index (χ0n) is 9.28. The minimum Gasteiger partial charge on any atom is -0.287 e.